The van der Waals surface area contributed by atoms with Crippen molar-refractivity contribution in [2.45, 2.75) is 51.5 Å². The molecule has 0 fully saturated rings. The highest BCUT2D eigenvalue weighted by Crippen LogP contribution is 2.09. The van der Waals surface area contributed by atoms with Gasteiger partial charge in [-0.05, 0) is 40.5 Å². The molecule has 0 radical (unpaired) electrons. The fourth-order valence-electron chi connectivity index (χ4n) is 0.743. The molecule has 0 heterocycles. The van der Waals surface area contributed by atoms with Crippen LogP contribution in [-0.2, 0) is 4.74 Å². The van der Waals surface area contributed by atoms with Gasteiger partial charge in [-0.15, -0.1) is 11.6 Å². The van der Waals surface area contributed by atoms with E-state index in [0.29, 0.717) is 0 Å². The summed E-state index contributed by atoms with van der Waals surface area (Å²) in [6.45, 7) is 9.03. The zero-order chi connectivity index (χ0) is 8.91. The van der Waals surface area contributed by atoms with Crippen molar-refractivity contribution in [3.05, 3.63) is 0 Å². The second-order valence-corrected chi connectivity index (χ2v) is 4.63. The Morgan fingerprint density at radius 2 is 1.91 bits per heavy atom. The van der Waals surface area contributed by atoms with E-state index in [1.165, 1.54) is 0 Å². The monoisotopic (exact) mass is 178 g/mol. The summed E-state index contributed by atoms with van der Waals surface area (Å²) in [4.78, 5) is 0. The van der Waals surface area contributed by atoms with E-state index >= 15 is 0 Å². The Morgan fingerprint density at radius 1 is 1.36 bits per heavy atom. The van der Waals surface area contributed by atoms with Crippen molar-refractivity contribution in [1.29, 1.82) is 0 Å². The number of ether oxygens (including phenoxy) is 1. The van der Waals surface area contributed by atoms with E-state index in [9.17, 15) is 0 Å². The first kappa shape index (κ1) is 11.2. The lowest BCUT2D eigenvalue weighted by Crippen LogP contribution is -2.19. The van der Waals surface area contributed by atoms with E-state index in [1.807, 2.05) is 6.92 Å². The first-order valence-electron chi connectivity index (χ1n) is 4.20. The highest BCUT2D eigenvalue weighted by molar-refractivity contribution is 6.20. The Labute approximate surface area is 75.1 Å². The lowest BCUT2D eigenvalue weighted by molar-refractivity contribution is -0.00453. The molecule has 0 amide bonds. The minimum Gasteiger partial charge on any atom is -0.376 e. The van der Waals surface area contributed by atoms with Crippen molar-refractivity contribution < 1.29 is 4.74 Å². The molecule has 0 aromatic heterocycles. The predicted octanol–water partition coefficient (Wildman–Crippen LogP) is 3.21. The summed E-state index contributed by atoms with van der Waals surface area (Å²) in [5.74, 6) is 0. The van der Waals surface area contributed by atoms with Gasteiger partial charge in [-0.1, -0.05) is 0 Å². The summed E-state index contributed by atoms with van der Waals surface area (Å²) in [6.07, 6.45) is 2.10. The van der Waals surface area contributed by atoms with Crippen molar-refractivity contribution in [2.24, 2.45) is 0 Å². The molecule has 1 unspecified atom stereocenters. The molecule has 2 heteroatoms. The minimum absolute atomic E-state index is 0.00441. The number of alkyl halides is 1. The van der Waals surface area contributed by atoms with E-state index in [1.54, 1.807) is 0 Å². The first-order valence-corrected chi connectivity index (χ1v) is 4.63. The van der Waals surface area contributed by atoms with Crippen LogP contribution < -0.4 is 0 Å². The summed E-state index contributed by atoms with van der Waals surface area (Å²) in [6, 6.07) is 0. The molecule has 0 aliphatic carbocycles. The molecule has 0 aromatic carbocycles. The van der Waals surface area contributed by atoms with Crippen LogP contribution in [0.2, 0.25) is 0 Å². The molecule has 0 aromatic rings. The van der Waals surface area contributed by atoms with Crippen molar-refractivity contribution in [3.63, 3.8) is 0 Å². The van der Waals surface area contributed by atoms with Gasteiger partial charge in [0.05, 0.1) is 5.60 Å². The number of hydrogen-bond donors (Lipinski definition) is 0. The van der Waals surface area contributed by atoms with Crippen LogP contribution in [0.1, 0.15) is 40.5 Å². The lowest BCUT2D eigenvalue weighted by atomic mass is 10.2. The average molecular weight is 179 g/mol. The summed E-state index contributed by atoms with van der Waals surface area (Å²) >= 11 is 5.77. The van der Waals surface area contributed by atoms with E-state index in [-0.39, 0.29) is 11.0 Å². The Balaban J connectivity index is 3.15. The number of halogens is 1. The molecule has 11 heavy (non-hydrogen) atoms. The SMILES string of the molecule is CC(Cl)CCCOC(C)(C)C. The summed E-state index contributed by atoms with van der Waals surface area (Å²) in [5.41, 5.74) is -0.00441. The topological polar surface area (TPSA) is 9.23 Å². The van der Waals surface area contributed by atoms with Gasteiger partial charge < -0.3 is 4.74 Å². The van der Waals surface area contributed by atoms with Gasteiger partial charge in [0, 0.05) is 12.0 Å². The fraction of sp³-hybridized carbons (Fsp3) is 1.00. The molecule has 68 valence electrons. The molecule has 1 atom stereocenters. The highest BCUT2D eigenvalue weighted by Gasteiger charge is 2.09. The number of hydrogen-bond acceptors (Lipinski definition) is 1. The van der Waals surface area contributed by atoms with Crippen LogP contribution in [0.4, 0.5) is 0 Å². The minimum atomic E-state index is -0.00441. The van der Waals surface area contributed by atoms with Gasteiger partial charge in [-0.25, -0.2) is 0 Å². The van der Waals surface area contributed by atoms with E-state index in [4.69, 9.17) is 16.3 Å². The lowest BCUT2D eigenvalue weighted by Gasteiger charge is -2.19. The molecule has 0 aliphatic rings. The Hall–Kier alpha value is 0.250. The van der Waals surface area contributed by atoms with Gasteiger partial charge >= 0.3 is 0 Å². The van der Waals surface area contributed by atoms with Crippen LogP contribution in [0.25, 0.3) is 0 Å². The second kappa shape index (κ2) is 5.00. The third-order valence-corrected chi connectivity index (χ3v) is 1.50. The van der Waals surface area contributed by atoms with E-state index in [0.717, 1.165) is 19.4 Å². The molecule has 0 saturated carbocycles. The zero-order valence-corrected chi connectivity index (χ0v) is 8.74. The molecule has 1 nitrogen and oxygen atoms in total. The highest BCUT2D eigenvalue weighted by atomic mass is 35.5. The Bertz CT molecular complexity index is 94.2. The van der Waals surface area contributed by atoms with Gasteiger partial charge in [-0.3, -0.25) is 0 Å². The summed E-state index contributed by atoms with van der Waals surface area (Å²) < 4.78 is 5.52. The summed E-state index contributed by atoms with van der Waals surface area (Å²) in [7, 11) is 0. The maximum Gasteiger partial charge on any atom is 0.0598 e. The van der Waals surface area contributed by atoms with E-state index in [2.05, 4.69) is 20.8 Å². The molecule has 0 aliphatic heterocycles. The van der Waals surface area contributed by atoms with Crippen LogP contribution in [0.5, 0.6) is 0 Å². The zero-order valence-electron chi connectivity index (χ0n) is 7.98. The maximum atomic E-state index is 5.77. The fourth-order valence-corrected chi connectivity index (χ4v) is 0.897. The molecular formula is C9H19ClO. The largest absolute Gasteiger partial charge is 0.376 e. The normalized spacial score (nSPS) is 15.0. The standard InChI is InChI=1S/C9H19ClO/c1-8(10)6-5-7-11-9(2,3)4/h8H,5-7H2,1-4H3. The van der Waals surface area contributed by atoms with Crippen LogP contribution in [0, 0.1) is 0 Å². The predicted molar refractivity (Wildman–Crippen MR) is 50.3 cm³/mol. The van der Waals surface area contributed by atoms with Crippen LogP contribution in [0.15, 0.2) is 0 Å². The van der Waals surface area contributed by atoms with Crippen molar-refractivity contribution in [2.75, 3.05) is 6.61 Å². The van der Waals surface area contributed by atoms with Crippen molar-refractivity contribution in [1.82, 2.24) is 0 Å². The summed E-state index contributed by atoms with van der Waals surface area (Å²) in [5, 5.41) is 0.276. The van der Waals surface area contributed by atoms with Crippen LogP contribution >= 0.6 is 11.6 Å². The Morgan fingerprint density at radius 3 is 2.27 bits per heavy atom. The van der Waals surface area contributed by atoms with Gasteiger partial charge in [0.25, 0.3) is 0 Å². The van der Waals surface area contributed by atoms with E-state index < -0.39 is 0 Å². The maximum absolute atomic E-state index is 5.77. The van der Waals surface area contributed by atoms with Gasteiger partial charge in [0.15, 0.2) is 0 Å². The molecule has 0 rings (SSSR count). The average Bonchev–Trinajstić information content (AvgIpc) is 1.78. The van der Waals surface area contributed by atoms with Gasteiger partial charge in [-0.2, -0.15) is 0 Å². The molecule has 0 saturated heterocycles. The molecule has 0 bridgehead atoms. The second-order valence-electron chi connectivity index (χ2n) is 3.88. The Kier molecular flexibility index (Phi) is 5.11. The van der Waals surface area contributed by atoms with Crippen LogP contribution in [-0.4, -0.2) is 17.6 Å². The third kappa shape index (κ3) is 10.2. The third-order valence-electron chi connectivity index (χ3n) is 1.28. The molecule has 0 spiro atoms. The first-order chi connectivity index (χ1) is 4.92. The van der Waals surface area contributed by atoms with Crippen molar-refractivity contribution in [3.8, 4) is 0 Å². The number of rotatable bonds is 4. The van der Waals surface area contributed by atoms with Crippen LogP contribution in [0.3, 0.4) is 0 Å². The molecule has 0 N–H and O–H groups in total. The van der Waals surface area contributed by atoms with Crippen molar-refractivity contribution >= 4 is 11.6 Å². The van der Waals surface area contributed by atoms with Gasteiger partial charge in [0.2, 0.25) is 0 Å². The smallest absolute Gasteiger partial charge is 0.0598 e. The van der Waals surface area contributed by atoms with Gasteiger partial charge in [0.1, 0.15) is 0 Å². The quantitative estimate of drug-likeness (QED) is 0.475. The molecular weight excluding hydrogens is 160 g/mol.